The van der Waals surface area contributed by atoms with Crippen LogP contribution in [0.1, 0.15) is 27.2 Å². The Balaban J connectivity index is 1.42. The lowest BCUT2D eigenvalue weighted by molar-refractivity contribution is -0.0241. The Morgan fingerprint density at radius 2 is 2.21 bits per heavy atom. The van der Waals surface area contributed by atoms with Crippen molar-refractivity contribution in [3.8, 4) is 11.1 Å². The van der Waals surface area contributed by atoms with Gasteiger partial charge < -0.3 is 14.0 Å². The van der Waals surface area contributed by atoms with Crippen molar-refractivity contribution in [1.82, 2.24) is 28.9 Å². The van der Waals surface area contributed by atoms with E-state index in [9.17, 15) is 4.79 Å². The summed E-state index contributed by atoms with van der Waals surface area (Å²) in [4.78, 5) is 24.2. The van der Waals surface area contributed by atoms with Gasteiger partial charge in [0.15, 0.2) is 5.69 Å². The van der Waals surface area contributed by atoms with Crippen LogP contribution in [0.3, 0.4) is 0 Å². The number of pyridine rings is 2. The zero-order valence-electron chi connectivity index (χ0n) is 15.7. The summed E-state index contributed by atoms with van der Waals surface area (Å²) in [5.74, 6) is -0.105. The predicted molar refractivity (Wildman–Crippen MR) is 108 cm³/mol. The first-order chi connectivity index (χ1) is 14.2. The second kappa shape index (κ2) is 7.34. The van der Waals surface area contributed by atoms with Gasteiger partial charge in [-0.1, -0.05) is 16.6 Å². The molecular formula is C20H18N6O2S. The fourth-order valence-corrected chi connectivity index (χ4v) is 4.01. The van der Waals surface area contributed by atoms with Gasteiger partial charge in [-0.05, 0) is 36.2 Å². The van der Waals surface area contributed by atoms with Gasteiger partial charge in [-0.25, -0.2) is 4.98 Å². The first-order valence-corrected chi connectivity index (χ1v) is 10.0. The molecule has 5 heterocycles. The zero-order chi connectivity index (χ0) is 19.8. The summed E-state index contributed by atoms with van der Waals surface area (Å²) in [6, 6.07) is 8.02. The fourth-order valence-electron chi connectivity index (χ4n) is 3.55. The van der Waals surface area contributed by atoms with Gasteiger partial charge in [0.2, 0.25) is 0 Å². The second-order valence-corrected chi connectivity index (χ2v) is 7.83. The van der Waals surface area contributed by atoms with Crippen LogP contribution in [0.4, 0.5) is 0 Å². The fraction of sp³-hybridized carbons (Fsp3) is 0.250. The lowest BCUT2D eigenvalue weighted by atomic mass is 10.1. The molecule has 4 aromatic rings. The van der Waals surface area contributed by atoms with E-state index in [4.69, 9.17) is 4.74 Å². The molecule has 1 unspecified atom stereocenters. The van der Waals surface area contributed by atoms with Crippen LogP contribution in [0.15, 0.2) is 49.2 Å². The van der Waals surface area contributed by atoms with Crippen molar-refractivity contribution in [1.29, 1.82) is 0 Å². The van der Waals surface area contributed by atoms with Gasteiger partial charge in [-0.2, -0.15) is 0 Å². The molecule has 29 heavy (non-hydrogen) atoms. The Labute approximate surface area is 171 Å². The van der Waals surface area contributed by atoms with E-state index >= 15 is 0 Å². The third-order valence-corrected chi connectivity index (χ3v) is 5.70. The maximum Gasteiger partial charge on any atom is 0.275 e. The van der Waals surface area contributed by atoms with E-state index < -0.39 is 0 Å². The molecule has 1 aliphatic heterocycles. The molecule has 0 aromatic carbocycles. The van der Waals surface area contributed by atoms with Crippen LogP contribution in [0.2, 0.25) is 0 Å². The normalized spacial score (nSPS) is 17.0. The summed E-state index contributed by atoms with van der Waals surface area (Å²) >= 11 is 1.24. The average molecular weight is 406 g/mol. The summed E-state index contributed by atoms with van der Waals surface area (Å²) in [6.45, 7) is 3.29. The standard InChI is InChI=1S/C20H18N6O2S/c1-13-18(23-24-29-13)20(27)25-7-8-28-17(11-25)19-16-5-4-15(10-26(16)12-22-19)14-3-2-6-21-9-14/h2-6,9-10,12,17H,7-8,11H2,1H3. The molecule has 8 nitrogen and oxygen atoms in total. The number of morpholine rings is 1. The molecule has 1 amide bonds. The number of amides is 1. The summed E-state index contributed by atoms with van der Waals surface area (Å²) < 4.78 is 11.8. The van der Waals surface area contributed by atoms with Gasteiger partial charge in [0.25, 0.3) is 5.91 Å². The largest absolute Gasteiger partial charge is 0.368 e. The van der Waals surface area contributed by atoms with E-state index in [1.807, 2.05) is 48.0 Å². The highest BCUT2D eigenvalue weighted by Crippen LogP contribution is 2.28. The first-order valence-electron chi connectivity index (χ1n) is 9.27. The Morgan fingerprint density at radius 3 is 3.00 bits per heavy atom. The van der Waals surface area contributed by atoms with Gasteiger partial charge in [0.1, 0.15) is 6.10 Å². The highest BCUT2D eigenvalue weighted by Gasteiger charge is 2.30. The number of ether oxygens (including phenoxy) is 1. The van der Waals surface area contributed by atoms with Crippen molar-refractivity contribution in [2.24, 2.45) is 0 Å². The number of hydrogen-bond acceptors (Lipinski definition) is 7. The number of fused-ring (bicyclic) bond motifs is 1. The van der Waals surface area contributed by atoms with Crippen LogP contribution in [0.25, 0.3) is 16.6 Å². The smallest absolute Gasteiger partial charge is 0.275 e. The molecule has 1 saturated heterocycles. The number of carbonyl (C=O) groups excluding carboxylic acids is 1. The minimum atomic E-state index is -0.283. The van der Waals surface area contributed by atoms with Gasteiger partial charge in [0, 0.05) is 30.7 Å². The molecule has 0 saturated carbocycles. The molecule has 0 aliphatic carbocycles. The van der Waals surface area contributed by atoms with Crippen LogP contribution in [0.5, 0.6) is 0 Å². The van der Waals surface area contributed by atoms with Gasteiger partial charge in [0.05, 0.1) is 35.6 Å². The number of aryl methyl sites for hydroxylation is 1. The van der Waals surface area contributed by atoms with Crippen molar-refractivity contribution >= 4 is 23.0 Å². The minimum Gasteiger partial charge on any atom is -0.368 e. The van der Waals surface area contributed by atoms with E-state index in [0.717, 1.165) is 27.2 Å². The topological polar surface area (TPSA) is 85.5 Å². The second-order valence-electron chi connectivity index (χ2n) is 6.87. The highest BCUT2D eigenvalue weighted by molar-refractivity contribution is 7.05. The lowest BCUT2D eigenvalue weighted by Crippen LogP contribution is -2.42. The Morgan fingerprint density at radius 1 is 1.28 bits per heavy atom. The summed E-state index contributed by atoms with van der Waals surface area (Å²) in [6.07, 6.45) is 7.12. The maximum atomic E-state index is 12.8. The number of carbonyl (C=O) groups is 1. The minimum absolute atomic E-state index is 0.105. The molecule has 0 N–H and O–H groups in total. The Hall–Kier alpha value is -3.17. The van der Waals surface area contributed by atoms with Crippen molar-refractivity contribution in [3.63, 3.8) is 0 Å². The van der Waals surface area contributed by atoms with Crippen molar-refractivity contribution in [2.45, 2.75) is 13.0 Å². The van der Waals surface area contributed by atoms with Crippen molar-refractivity contribution in [2.75, 3.05) is 19.7 Å². The number of hydrogen-bond donors (Lipinski definition) is 0. The lowest BCUT2D eigenvalue weighted by Gasteiger charge is -2.32. The number of imidazole rings is 1. The summed E-state index contributed by atoms with van der Waals surface area (Å²) in [5, 5.41) is 3.98. The number of rotatable bonds is 3. The van der Waals surface area contributed by atoms with Crippen LogP contribution in [0, 0.1) is 6.92 Å². The van der Waals surface area contributed by atoms with Crippen molar-refractivity contribution < 1.29 is 9.53 Å². The first kappa shape index (κ1) is 17.9. The van der Waals surface area contributed by atoms with Crippen LogP contribution >= 0.6 is 11.5 Å². The van der Waals surface area contributed by atoms with E-state index in [-0.39, 0.29) is 12.0 Å². The van der Waals surface area contributed by atoms with Gasteiger partial charge in [-0.15, -0.1) is 5.10 Å². The molecule has 4 aromatic heterocycles. The molecule has 0 radical (unpaired) electrons. The molecule has 0 bridgehead atoms. The molecule has 1 aliphatic rings. The summed E-state index contributed by atoms with van der Waals surface area (Å²) in [7, 11) is 0. The number of nitrogens with zero attached hydrogens (tertiary/aromatic N) is 6. The van der Waals surface area contributed by atoms with Crippen LogP contribution < -0.4 is 0 Å². The maximum absolute atomic E-state index is 12.8. The van der Waals surface area contributed by atoms with Gasteiger partial charge >= 0.3 is 0 Å². The average Bonchev–Trinajstić information content (AvgIpc) is 3.39. The summed E-state index contributed by atoms with van der Waals surface area (Å²) in [5.41, 5.74) is 4.31. The Kier molecular flexibility index (Phi) is 4.53. The SMILES string of the molecule is Cc1snnc1C(=O)N1CCOC(c2ncn3cc(-c4cccnc4)ccc23)C1. The van der Waals surface area contributed by atoms with E-state index in [0.29, 0.717) is 25.4 Å². The number of aromatic nitrogens is 5. The molecule has 1 fully saturated rings. The zero-order valence-corrected chi connectivity index (χ0v) is 16.5. The third kappa shape index (κ3) is 3.28. The van der Waals surface area contributed by atoms with Crippen LogP contribution in [-0.2, 0) is 4.74 Å². The molecule has 146 valence electrons. The monoisotopic (exact) mass is 406 g/mol. The molecular weight excluding hydrogens is 388 g/mol. The molecule has 0 spiro atoms. The predicted octanol–water partition coefficient (Wildman–Crippen LogP) is 2.77. The quantitative estimate of drug-likeness (QED) is 0.520. The molecule has 5 rings (SSSR count). The van der Waals surface area contributed by atoms with E-state index in [1.165, 1.54) is 11.5 Å². The highest BCUT2D eigenvalue weighted by atomic mass is 32.1. The third-order valence-electron chi connectivity index (χ3n) is 5.07. The van der Waals surface area contributed by atoms with E-state index in [2.05, 4.69) is 19.6 Å². The van der Waals surface area contributed by atoms with Crippen molar-refractivity contribution in [3.05, 3.63) is 65.4 Å². The molecule has 1 atom stereocenters. The molecule has 9 heteroatoms. The van der Waals surface area contributed by atoms with E-state index in [1.54, 1.807) is 17.4 Å². The van der Waals surface area contributed by atoms with Crippen LogP contribution in [-0.4, -0.2) is 54.5 Å². The van der Waals surface area contributed by atoms with Gasteiger partial charge in [-0.3, -0.25) is 9.78 Å². The Bertz CT molecular complexity index is 1170.